The lowest BCUT2D eigenvalue weighted by atomic mass is 10.0. The Morgan fingerprint density at radius 2 is 0.534 bits per heavy atom. The van der Waals surface area contributed by atoms with Gasteiger partial charge >= 0.3 is 17.9 Å². The number of carbonyl (C=O) groups is 3. The summed E-state index contributed by atoms with van der Waals surface area (Å²) in [7, 11) is 0. The van der Waals surface area contributed by atoms with Crippen LogP contribution in [0.3, 0.4) is 0 Å². The minimum Gasteiger partial charge on any atom is -0.462 e. The molecule has 1 unspecified atom stereocenters. The topological polar surface area (TPSA) is 78.9 Å². The number of ether oxygens (including phenoxy) is 3. The highest BCUT2D eigenvalue weighted by Gasteiger charge is 2.19. The van der Waals surface area contributed by atoms with Crippen molar-refractivity contribution >= 4 is 17.9 Å². The molecule has 6 nitrogen and oxygen atoms in total. The average Bonchev–Trinajstić information content (AvgIpc) is 3.39. The highest BCUT2D eigenvalue weighted by molar-refractivity contribution is 5.71. The van der Waals surface area contributed by atoms with Gasteiger partial charge in [0.1, 0.15) is 13.2 Å². The normalized spacial score (nSPS) is 12.6. The smallest absolute Gasteiger partial charge is 0.306 e. The Kier molecular flexibility index (Phi) is 58.3. The molecular weight excluding hydrogens is 901 g/mol. The van der Waals surface area contributed by atoms with Gasteiger partial charge in [-0.15, -0.1) is 0 Å². The second-order valence-corrected chi connectivity index (χ2v) is 20.6. The molecule has 0 aromatic carbocycles. The number of rotatable bonds is 56. The van der Waals surface area contributed by atoms with E-state index in [9.17, 15) is 14.4 Å². The maximum atomic E-state index is 12.9. The van der Waals surface area contributed by atoms with Crippen LogP contribution < -0.4 is 0 Å². The fraction of sp³-hybridized carbons (Fsp3) is 0.746. The molecule has 0 aromatic rings. The molecule has 6 heteroatoms. The zero-order chi connectivity index (χ0) is 52.9. The molecule has 420 valence electrons. The molecule has 0 fully saturated rings. The van der Waals surface area contributed by atoms with Crippen molar-refractivity contribution in [1.82, 2.24) is 0 Å². The van der Waals surface area contributed by atoms with Crippen LogP contribution >= 0.6 is 0 Å². The average molecular weight is 1020 g/mol. The monoisotopic (exact) mass is 1020 g/mol. The number of hydrogen-bond acceptors (Lipinski definition) is 6. The highest BCUT2D eigenvalue weighted by atomic mass is 16.6. The molecule has 0 aliphatic carbocycles. The SMILES string of the molecule is CC/C=C\C/C=C\C/C=C\C/C=C\C/C=C\CCCCCCCCCCCC(=O)OCC(COC(=O)CCCCCCCCCCCCCCCC)OC(=O)CCCCCCC/C=C\C/C=C\CCCCCC. The molecule has 0 saturated carbocycles. The lowest BCUT2D eigenvalue weighted by molar-refractivity contribution is -0.167. The Morgan fingerprint density at radius 1 is 0.288 bits per heavy atom. The first-order valence-electron chi connectivity index (χ1n) is 31.1. The van der Waals surface area contributed by atoms with E-state index in [1.807, 2.05) is 0 Å². The van der Waals surface area contributed by atoms with Crippen LogP contribution in [0, 0.1) is 0 Å². The van der Waals surface area contributed by atoms with Crippen molar-refractivity contribution in [3.8, 4) is 0 Å². The van der Waals surface area contributed by atoms with Gasteiger partial charge in [0, 0.05) is 19.3 Å². The minimum atomic E-state index is -0.786. The second kappa shape index (κ2) is 61.1. The predicted octanol–water partition coefficient (Wildman–Crippen LogP) is 21.1. The summed E-state index contributed by atoms with van der Waals surface area (Å²) in [5.41, 5.74) is 0. The summed E-state index contributed by atoms with van der Waals surface area (Å²) < 4.78 is 16.9. The van der Waals surface area contributed by atoms with E-state index in [0.717, 1.165) is 122 Å². The van der Waals surface area contributed by atoms with Gasteiger partial charge in [0.25, 0.3) is 0 Å². The summed E-state index contributed by atoms with van der Waals surface area (Å²) in [6.07, 6.45) is 80.0. The van der Waals surface area contributed by atoms with Gasteiger partial charge in [0.2, 0.25) is 0 Å². The fourth-order valence-corrected chi connectivity index (χ4v) is 8.74. The summed E-state index contributed by atoms with van der Waals surface area (Å²) in [4.78, 5) is 38.3. The van der Waals surface area contributed by atoms with Gasteiger partial charge in [-0.2, -0.15) is 0 Å². The Labute approximate surface area is 452 Å². The van der Waals surface area contributed by atoms with Crippen molar-refractivity contribution in [2.24, 2.45) is 0 Å². The van der Waals surface area contributed by atoms with E-state index in [1.165, 1.54) is 141 Å². The second-order valence-electron chi connectivity index (χ2n) is 20.6. The van der Waals surface area contributed by atoms with Crippen molar-refractivity contribution in [2.75, 3.05) is 13.2 Å². The first kappa shape index (κ1) is 69.6. The Bertz CT molecular complexity index is 1400. The molecule has 0 aromatic heterocycles. The van der Waals surface area contributed by atoms with Crippen molar-refractivity contribution in [1.29, 1.82) is 0 Å². The summed E-state index contributed by atoms with van der Waals surface area (Å²) >= 11 is 0. The number of esters is 3. The van der Waals surface area contributed by atoms with E-state index in [1.54, 1.807) is 0 Å². The summed E-state index contributed by atoms with van der Waals surface area (Å²) in [5.74, 6) is -0.890. The summed E-state index contributed by atoms with van der Waals surface area (Å²) in [6, 6.07) is 0. The van der Waals surface area contributed by atoms with E-state index in [2.05, 4.69) is 106 Å². The predicted molar refractivity (Wildman–Crippen MR) is 316 cm³/mol. The first-order valence-corrected chi connectivity index (χ1v) is 31.1. The van der Waals surface area contributed by atoms with Crippen LogP contribution in [0.5, 0.6) is 0 Å². The fourth-order valence-electron chi connectivity index (χ4n) is 8.74. The first-order chi connectivity index (χ1) is 36.0. The molecule has 0 aliphatic rings. The zero-order valence-electron chi connectivity index (χ0n) is 48.1. The molecule has 1 atom stereocenters. The van der Waals surface area contributed by atoms with Gasteiger partial charge < -0.3 is 14.2 Å². The quantitative estimate of drug-likeness (QED) is 0.0261. The van der Waals surface area contributed by atoms with Gasteiger partial charge in [-0.05, 0) is 96.3 Å². The van der Waals surface area contributed by atoms with Crippen LogP contribution in [-0.4, -0.2) is 37.2 Å². The molecule has 0 N–H and O–H groups in total. The van der Waals surface area contributed by atoms with Crippen molar-refractivity contribution in [2.45, 2.75) is 309 Å². The van der Waals surface area contributed by atoms with Gasteiger partial charge in [0.15, 0.2) is 6.10 Å². The minimum absolute atomic E-state index is 0.0812. The van der Waals surface area contributed by atoms with Crippen molar-refractivity contribution in [3.63, 3.8) is 0 Å². The van der Waals surface area contributed by atoms with Crippen molar-refractivity contribution < 1.29 is 28.6 Å². The maximum absolute atomic E-state index is 12.9. The van der Waals surface area contributed by atoms with E-state index in [0.29, 0.717) is 19.3 Å². The maximum Gasteiger partial charge on any atom is 0.306 e. The highest BCUT2D eigenvalue weighted by Crippen LogP contribution is 2.16. The molecule has 0 amide bonds. The third-order valence-corrected chi connectivity index (χ3v) is 13.4. The van der Waals surface area contributed by atoms with Gasteiger partial charge in [-0.1, -0.05) is 273 Å². The van der Waals surface area contributed by atoms with Gasteiger partial charge in [0.05, 0.1) is 0 Å². The Hall–Kier alpha value is -3.41. The summed E-state index contributed by atoms with van der Waals surface area (Å²) in [5, 5.41) is 0. The number of carbonyl (C=O) groups excluding carboxylic acids is 3. The molecule has 0 bridgehead atoms. The van der Waals surface area contributed by atoms with Crippen LogP contribution in [0.25, 0.3) is 0 Å². The molecule has 73 heavy (non-hydrogen) atoms. The standard InChI is InChI=1S/C67H116O6/c1-4-7-10-13-16-19-22-25-28-30-31-32-33-34-35-36-37-38-40-42-45-48-51-54-57-60-66(69)72-63-64(62-71-65(68)59-56-53-50-47-44-41-27-24-21-18-15-12-9-6-3)73-67(70)61-58-55-52-49-46-43-39-29-26-23-20-17-14-11-8-5-2/h7,10,16,19-20,23,25,28-29,31-32,34-35,39,64H,4-6,8-9,11-15,17-18,21-22,24,26-27,30,33,36-38,40-63H2,1-3H3/b10-7-,19-16-,23-20-,28-25-,32-31-,35-34-,39-29-. The van der Waals surface area contributed by atoms with Crippen LogP contribution in [-0.2, 0) is 28.6 Å². The van der Waals surface area contributed by atoms with E-state index < -0.39 is 6.10 Å². The van der Waals surface area contributed by atoms with Gasteiger partial charge in [-0.25, -0.2) is 0 Å². The van der Waals surface area contributed by atoms with Crippen LogP contribution in [0.4, 0.5) is 0 Å². The Morgan fingerprint density at radius 3 is 0.849 bits per heavy atom. The number of allylic oxidation sites excluding steroid dienone is 14. The largest absolute Gasteiger partial charge is 0.462 e. The Balaban J connectivity index is 4.34. The van der Waals surface area contributed by atoms with Crippen LogP contribution in [0.1, 0.15) is 303 Å². The molecule has 0 aliphatic heterocycles. The number of hydrogen-bond donors (Lipinski definition) is 0. The molecular formula is C67H116O6. The molecule has 0 saturated heterocycles. The van der Waals surface area contributed by atoms with Crippen LogP contribution in [0.15, 0.2) is 85.1 Å². The number of unbranched alkanes of at least 4 members (excludes halogenated alkanes) is 31. The third-order valence-electron chi connectivity index (χ3n) is 13.4. The zero-order valence-corrected chi connectivity index (χ0v) is 48.1. The third kappa shape index (κ3) is 59.3. The van der Waals surface area contributed by atoms with Crippen LogP contribution in [0.2, 0.25) is 0 Å². The lowest BCUT2D eigenvalue weighted by Gasteiger charge is -2.18. The lowest BCUT2D eigenvalue weighted by Crippen LogP contribution is -2.30. The molecule has 0 rings (SSSR count). The molecule has 0 heterocycles. The van der Waals surface area contributed by atoms with E-state index >= 15 is 0 Å². The van der Waals surface area contributed by atoms with Gasteiger partial charge in [-0.3, -0.25) is 14.4 Å². The molecule has 0 spiro atoms. The molecule has 0 radical (unpaired) electrons. The van der Waals surface area contributed by atoms with E-state index in [4.69, 9.17) is 14.2 Å². The summed E-state index contributed by atoms with van der Waals surface area (Å²) in [6.45, 7) is 6.52. The van der Waals surface area contributed by atoms with Crippen molar-refractivity contribution in [3.05, 3.63) is 85.1 Å². The van der Waals surface area contributed by atoms with E-state index in [-0.39, 0.29) is 31.1 Å².